The Morgan fingerprint density at radius 3 is 2.10 bits per heavy atom. The molecule has 0 aliphatic rings. The fourth-order valence-electron chi connectivity index (χ4n) is 3.06. The lowest BCUT2D eigenvalue weighted by Crippen LogP contribution is -2.47. The molecular formula is C22H31ClN2O4S. The number of carbonyl (C=O) groups is 1. The summed E-state index contributed by atoms with van der Waals surface area (Å²) in [5.74, 6) is -0.0610. The highest BCUT2D eigenvalue weighted by Gasteiger charge is 2.29. The molecule has 2 atom stereocenters. The van der Waals surface area contributed by atoms with Crippen LogP contribution < -0.4 is 5.73 Å². The summed E-state index contributed by atoms with van der Waals surface area (Å²) in [6, 6.07) is 14.8. The first-order chi connectivity index (χ1) is 13.6. The fraction of sp³-hybridized carbons (Fsp3) is 0.409. The summed E-state index contributed by atoms with van der Waals surface area (Å²) in [5, 5.41) is 10.6. The van der Waals surface area contributed by atoms with E-state index in [0.29, 0.717) is 12.0 Å². The Labute approximate surface area is 185 Å². The van der Waals surface area contributed by atoms with Crippen molar-refractivity contribution in [2.75, 3.05) is 13.1 Å². The Kier molecular flexibility index (Phi) is 10.1. The first kappa shape index (κ1) is 26.3. The highest BCUT2D eigenvalue weighted by Crippen LogP contribution is 2.19. The van der Waals surface area contributed by atoms with E-state index in [-0.39, 0.29) is 42.1 Å². The van der Waals surface area contributed by atoms with Crippen LogP contribution in [-0.4, -0.2) is 48.8 Å². The topological polar surface area (TPSA) is 101 Å². The molecule has 166 valence electrons. The smallest absolute Gasteiger partial charge is 0.243 e. The maximum atomic E-state index is 13.2. The second-order valence-electron chi connectivity index (χ2n) is 7.72. The van der Waals surface area contributed by atoms with Gasteiger partial charge in [0.05, 0.1) is 11.0 Å². The van der Waals surface area contributed by atoms with Gasteiger partial charge in [0.25, 0.3) is 0 Å². The van der Waals surface area contributed by atoms with Crippen LogP contribution in [0, 0.1) is 5.92 Å². The van der Waals surface area contributed by atoms with Gasteiger partial charge in [0.15, 0.2) is 5.78 Å². The van der Waals surface area contributed by atoms with Gasteiger partial charge in [0, 0.05) is 24.7 Å². The highest BCUT2D eigenvalue weighted by molar-refractivity contribution is 7.89. The quantitative estimate of drug-likeness (QED) is 0.537. The summed E-state index contributed by atoms with van der Waals surface area (Å²) in [6.45, 7) is 5.42. The van der Waals surface area contributed by atoms with Crippen LogP contribution in [-0.2, 0) is 16.4 Å². The third kappa shape index (κ3) is 7.18. The zero-order valence-corrected chi connectivity index (χ0v) is 19.2. The summed E-state index contributed by atoms with van der Waals surface area (Å²) >= 11 is 0. The number of hydrogen-bond donors (Lipinski definition) is 2. The molecule has 3 N–H and O–H groups in total. The molecule has 2 rings (SSSR count). The fourth-order valence-corrected chi connectivity index (χ4v) is 4.68. The molecule has 2 aromatic carbocycles. The summed E-state index contributed by atoms with van der Waals surface area (Å²) in [6.07, 6.45) is -0.564. The zero-order chi connectivity index (χ0) is 21.6. The predicted molar refractivity (Wildman–Crippen MR) is 121 cm³/mol. The number of hydrogen-bond acceptors (Lipinski definition) is 5. The van der Waals surface area contributed by atoms with Crippen molar-refractivity contribution in [1.29, 1.82) is 0 Å². The number of rotatable bonds is 10. The molecule has 0 heterocycles. The lowest BCUT2D eigenvalue weighted by atomic mass is 10.0. The number of Topliss-reactive ketones (excluding diaryl/α,β-unsaturated/α-hetero) is 1. The van der Waals surface area contributed by atoms with Gasteiger partial charge in [-0.25, -0.2) is 8.42 Å². The molecule has 0 spiro atoms. The SMILES string of the molecule is CC(=O)c1ccc(S(=O)(=O)N(CC(C)C)C[C@@H](O)[C@@H](N)Cc2ccccc2)cc1.Cl. The second-order valence-corrected chi connectivity index (χ2v) is 9.66. The van der Waals surface area contributed by atoms with E-state index in [1.807, 2.05) is 44.2 Å². The van der Waals surface area contributed by atoms with E-state index in [9.17, 15) is 18.3 Å². The van der Waals surface area contributed by atoms with Gasteiger partial charge in [-0.1, -0.05) is 56.3 Å². The molecular weight excluding hydrogens is 424 g/mol. The van der Waals surface area contributed by atoms with Gasteiger partial charge in [-0.15, -0.1) is 12.4 Å². The van der Waals surface area contributed by atoms with Crippen molar-refractivity contribution in [1.82, 2.24) is 4.31 Å². The molecule has 0 aliphatic carbocycles. The molecule has 0 amide bonds. The number of nitrogens with zero attached hydrogens (tertiary/aromatic N) is 1. The lowest BCUT2D eigenvalue weighted by Gasteiger charge is -2.28. The van der Waals surface area contributed by atoms with E-state index in [4.69, 9.17) is 5.73 Å². The van der Waals surface area contributed by atoms with Crippen molar-refractivity contribution in [3.05, 3.63) is 65.7 Å². The van der Waals surface area contributed by atoms with Gasteiger partial charge in [-0.3, -0.25) is 4.79 Å². The minimum atomic E-state index is -3.83. The number of carbonyl (C=O) groups excluding carboxylic acids is 1. The first-order valence-corrected chi connectivity index (χ1v) is 11.1. The van der Waals surface area contributed by atoms with Crippen molar-refractivity contribution in [2.24, 2.45) is 11.7 Å². The first-order valence-electron chi connectivity index (χ1n) is 9.70. The van der Waals surface area contributed by atoms with Crippen LogP contribution in [0.3, 0.4) is 0 Å². The predicted octanol–water partition coefficient (Wildman–Crippen LogP) is 2.89. The van der Waals surface area contributed by atoms with Gasteiger partial charge in [0.1, 0.15) is 0 Å². The van der Waals surface area contributed by atoms with E-state index >= 15 is 0 Å². The van der Waals surface area contributed by atoms with Gasteiger partial charge >= 0.3 is 0 Å². The molecule has 30 heavy (non-hydrogen) atoms. The monoisotopic (exact) mass is 454 g/mol. The average Bonchev–Trinajstić information content (AvgIpc) is 2.67. The Balaban J connectivity index is 0.00000450. The Morgan fingerprint density at radius 2 is 1.60 bits per heavy atom. The number of aliphatic hydroxyl groups excluding tert-OH is 1. The summed E-state index contributed by atoms with van der Waals surface area (Å²) in [4.78, 5) is 11.5. The minimum Gasteiger partial charge on any atom is -0.390 e. The molecule has 0 fully saturated rings. The summed E-state index contributed by atoms with van der Waals surface area (Å²) < 4.78 is 27.6. The Hall–Kier alpha value is -1.77. The number of sulfonamides is 1. The molecule has 0 saturated carbocycles. The van der Waals surface area contributed by atoms with Crippen molar-refractivity contribution < 1.29 is 18.3 Å². The Bertz CT molecular complexity index is 902. The number of nitrogens with two attached hydrogens (primary N) is 1. The normalized spacial score (nSPS) is 13.7. The van der Waals surface area contributed by atoms with Crippen LogP contribution in [0.5, 0.6) is 0 Å². The largest absolute Gasteiger partial charge is 0.390 e. The lowest BCUT2D eigenvalue weighted by molar-refractivity contribution is 0.101. The third-order valence-corrected chi connectivity index (χ3v) is 6.51. The van der Waals surface area contributed by atoms with Crippen LogP contribution in [0.25, 0.3) is 0 Å². The van der Waals surface area contributed by atoms with Crippen molar-refractivity contribution in [2.45, 2.75) is 44.2 Å². The van der Waals surface area contributed by atoms with Crippen molar-refractivity contribution in [3.8, 4) is 0 Å². The Morgan fingerprint density at radius 1 is 1.03 bits per heavy atom. The van der Waals surface area contributed by atoms with Crippen LogP contribution in [0.15, 0.2) is 59.5 Å². The molecule has 0 bridgehead atoms. The van der Waals surface area contributed by atoms with E-state index in [2.05, 4.69) is 0 Å². The van der Waals surface area contributed by atoms with E-state index < -0.39 is 22.2 Å². The number of ketones is 1. The van der Waals surface area contributed by atoms with Crippen molar-refractivity contribution >= 4 is 28.2 Å². The van der Waals surface area contributed by atoms with Gasteiger partial charge in [-0.05, 0) is 37.0 Å². The molecule has 8 heteroatoms. The minimum absolute atomic E-state index is 0. The standard InChI is InChI=1S/C22H30N2O4S.ClH/c1-16(2)14-24(15-22(26)21(23)13-18-7-5-4-6-8-18)29(27,28)20-11-9-19(10-12-20)17(3)25;/h4-12,16,21-22,26H,13-15,23H2,1-3H3;1H/t21-,22+;/m0./s1. The zero-order valence-electron chi connectivity index (χ0n) is 17.6. The molecule has 0 unspecified atom stereocenters. The van der Waals surface area contributed by atoms with Gasteiger partial charge < -0.3 is 10.8 Å². The molecule has 0 aromatic heterocycles. The van der Waals surface area contributed by atoms with Gasteiger partial charge in [0.2, 0.25) is 10.0 Å². The van der Waals surface area contributed by atoms with Crippen LogP contribution in [0.1, 0.15) is 36.7 Å². The molecule has 6 nitrogen and oxygen atoms in total. The van der Waals surface area contributed by atoms with E-state index in [1.54, 1.807) is 0 Å². The maximum absolute atomic E-state index is 13.2. The number of aliphatic hydroxyl groups is 1. The summed E-state index contributed by atoms with van der Waals surface area (Å²) in [7, 11) is -3.83. The van der Waals surface area contributed by atoms with Gasteiger partial charge in [-0.2, -0.15) is 4.31 Å². The van der Waals surface area contributed by atoms with Crippen molar-refractivity contribution in [3.63, 3.8) is 0 Å². The average molecular weight is 455 g/mol. The summed E-state index contributed by atoms with van der Waals surface area (Å²) in [5.41, 5.74) is 7.59. The van der Waals surface area contributed by atoms with Crippen LogP contribution in [0.4, 0.5) is 0 Å². The molecule has 2 aromatic rings. The maximum Gasteiger partial charge on any atom is 0.243 e. The highest BCUT2D eigenvalue weighted by atomic mass is 35.5. The van der Waals surface area contributed by atoms with Crippen LogP contribution in [0.2, 0.25) is 0 Å². The molecule has 0 radical (unpaired) electrons. The number of halogens is 1. The molecule has 0 aliphatic heterocycles. The molecule has 0 saturated heterocycles. The number of benzene rings is 2. The van der Waals surface area contributed by atoms with Crippen LogP contribution >= 0.6 is 12.4 Å². The van der Waals surface area contributed by atoms with E-state index in [1.165, 1.54) is 35.5 Å². The van der Waals surface area contributed by atoms with E-state index in [0.717, 1.165) is 5.56 Å². The third-order valence-electron chi connectivity index (χ3n) is 4.67. The second kappa shape index (κ2) is 11.6.